The lowest BCUT2D eigenvalue weighted by atomic mass is 10.0. The largest absolute Gasteiger partial charge is 0.508 e. The zero-order valence-corrected chi connectivity index (χ0v) is 20.1. The summed E-state index contributed by atoms with van der Waals surface area (Å²) in [6, 6.07) is 13.6. The normalized spacial score (nSPS) is 11.4. The van der Waals surface area contributed by atoms with Crippen LogP contribution < -0.4 is 5.32 Å². The van der Waals surface area contributed by atoms with Gasteiger partial charge in [0.25, 0.3) is 0 Å². The molecule has 6 rings (SSSR count). The molecule has 0 radical (unpaired) electrons. The zero-order chi connectivity index (χ0) is 25.4. The van der Waals surface area contributed by atoms with Crippen molar-refractivity contribution in [2.75, 3.05) is 11.9 Å². The number of phenolic OH excluding ortho intramolecular Hbond substituents is 1. The summed E-state index contributed by atoms with van der Waals surface area (Å²) in [7, 11) is 0. The van der Waals surface area contributed by atoms with Gasteiger partial charge in [0, 0.05) is 42.2 Å². The zero-order valence-electron chi connectivity index (χ0n) is 20.1. The summed E-state index contributed by atoms with van der Waals surface area (Å²) in [4.78, 5) is 17.0. The maximum absolute atomic E-state index is 14.0. The van der Waals surface area contributed by atoms with Crippen molar-refractivity contribution >= 4 is 27.8 Å². The van der Waals surface area contributed by atoms with Gasteiger partial charge in [0.2, 0.25) is 0 Å². The van der Waals surface area contributed by atoms with Crippen molar-refractivity contribution in [1.29, 1.82) is 0 Å². The smallest absolute Gasteiger partial charge is 0.138 e. The summed E-state index contributed by atoms with van der Waals surface area (Å²) in [5, 5.41) is 21.7. The first kappa shape index (κ1) is 22.7. The molecule has 0 saturated carbocycles. The lowest BCUT2D eigenvalue weighted by Gasteiger charge is -2.07. The van der Waals surface area contributed by atoms with Crippen molar-refractivity contribution < 1.29 is 9.50 Å². The Morgan fingerprint density at radius 1 is 1.03 bits per heavy atom. The van der Waals surface area contributed by atoms with Gasteiger partial charge >= 0.3 is 0 Å². The van der Waals surface area contributed by atoms with Crippen LogP contribution in [-0.2, 0) is 0 Å². The molecule has 0 atom stereocenters. The number of unbranched alkanes of at least 4 members (excludes halogenated alkanes) is 1. The minimum Gasteiger partial charge on any atom is -0.508 e. The molecule has 0 aliphatic heterocycles. The summed E-state index contributed by atoms with van der Waals surface area (Å²) < 4.78 is 14.0. The number of H-pyrrole nitrogens is 2. The number of fused-ring (bicyclic) bond motifs is 2. The van der Waals surface area contributed by atoms with Gasteiger partial charge in [0.1, 0.15) is 28.4 Å². The van der Waals surface area contributed by atoms with E-state index in [9.17, 15) is 9.50 Å². The van der Waals surface area contributed by atoms with Crippen molar-refractivity contribution in [3.63, 3.8) is 0 Å². The number of rotatable bonds is 7. The number of hydrogen-bond donors (Lipinski definition) is 4. The van der Waals surface area contributed by atoms with Gasteiger partial charge in [0.15, 0.2) is 0 Å². The van der Waals surface area contributed by atoms with E-state index < -0.39 is 5.82 Å². The number of pyridine rings is 3. The molecule has 6 aromatic rings. The van der Waals surface area contributed by atoms with Crippen LogP contribution >= 0.6 is 0 Å². The Kier molecular flexibility index (Phi) is 5.72. The van der Waals surface area contributed by atoms with E-state index in [0.29, 0.717) is 22.4 Å². The fourth-order valence-corrected chi connectivity index (χ4v) is 4.47. The van der Waals surface area contributed by atoms with Crippen molar-refractivity contribution in [2.24, 2.45) is 0 Å². The number of aromatic amines is 2. The van der Waals surface area contributed by atoms with Crippen LogP contribution in [0.4, 0.5) is 10.1 Å². The van der Waals surface area contributed by atoms with Gasteiger partial charge in [-0.15, -0.1) is 0 Å². The van der Waals surface area contributed by atoms with E-state index in [2.05, 4.69) is 37.4 Å². The second-order valence-corrected chi connectivity index (χ2v) is 8.91. The van der Waals surface area contributed by atoms with Crippen LogP contribution in [0.1, 0.15) is 19.8 Å². The Bertz CT molecular complexity index is 1720. The van der Waals surface area contributed by atoms with Crippen LogP contribution in [0.15, 0.2) is 67.1 Å². The number of anilines is 1. The Morgan fingerprint density at radius 2 is 1.95 bits per heavy atom. The van der Waals surface area contributed by atoms with Crippen LogP contribution in [-0.4, -0.2) is 41.8 Å². The standard InChI is InChI=1S/C28H24FN7O/c1-2-3-7-31-19-10-17(14-30-15-19)23-4-5-24-26(33-23)27(36-35-24)25-13-22-21(6-8-32-28(22)34-25)16-9-18(29)12-20(37)11-16/h4-6,8-15,31,37H,2-3,7H2,1H3,(H,32,34)(H,35,36). The van der Waals surface area contributed by atoms with Crippen LogP contribution in [0.25, 0.3) is 55.8 Å². The third-order valence-electron chi connectivity index (χ3n) is 6.28. The molecule has 184 valence electrons. The lowest BCUT2D eigenvalue weighted by molar-refractivity contribution is 0.469. The Hall–Kier alpha value is -4.79. The van der Waals surface area contributed by atoms with E-state index in [1.165, 1.54) is 12.1 Å². The van der Waals surface area contributed by atoms with Gasteiger partial charge in [-0.1, -0.05) is 13.3 Å². The minimum atomic E-state index is -0.509. The van der Waals surface area contributed by atoms with Gasteiger partial charge in [-0.3, -0.25) is 10.1 Å². The second-order valence-electron chi connectivity index (χ2n) is 8.91. The molecule has 9 heteroatoms. The highest BCUT2D eigenvalue weighted by Crippen LogP contribution is 2.34. The molecule has 0 fully saturated rings. The number of aromatic nitrogens is 6. The number of aromatic hydroxyl groups is 1. The molecule has 1 aromatic carbocycles. The predicted octanol–water partition coefficient (Wildman–Crippen LogP) is 6.29. The van der Waals surface area contributed by atoms with Crippen LogP contribution in [0.5, 0.6) is 5.75 Å². The number of phenols is 1. The lowest BCUT2D eigenvalue weighted by Crippen LogP contribution is -2.01. The van der Waals surface area contributed by atoms with Crippen molar-refractivity contribution in [2.45, 2.75) is 19.8 Å². The average Bonchev–Trinajstić information content (AvgIpc) is 3.52. The van der Waals surface area contributed by atoms with Crippen molar-refractivity contribution in [1.82, 2.24) is 30.1 Å². The molecule has 0 bridgehead atoms. The first-order chi connectivity index (χ1) is 18.1. The van der Waals surface area contributed by atoms with E-state index in [0.717, 1.165) is 64.6 Å². The maximum Gasteiger partial charge on any atom is 0.138 e. The molecule has 5 aromatic heterocycles. The molecule has 0 aliphatic rings. The van der Waals surface area contributed by atoms with Gasteiger partial charge in [-0.2, -0.15) is 5.10 Å². The van der Waals surface area contributed by atoms with Gasteiger partial charge in [0.05, 0.1) is 22.6 Å². The number of nitrogens with zero attached hydrogens (tertiary/aromatic N) is 4. The molecule has 8 nitrogen and oxygen atoms in total. The molecule has 4 N–H and O–H groups in total. The highest BCUT2D eigenvalue weighted by Gasteiger charge is 2.16. The SMILES string of the molecule is CCCCNc1cncc(-c2ccc3[nH]nc(-c4cc5c(-c6cc(O)cc(F)c6)ccnc5[nH]4)c3n2)c1. The third-order valence-corrected chi connectivity index (χ3v) is 6.28. The van der Waals surface area contributed by atoms with E-state index >= 15 is 0 Å². The minimum absolute atomic E-state index is 0.134. The Labute approximate surface area is 211 Å². The summed E-state index contributed by atoms with van der Waals surface area (Å²) in [5.74, 6) is -0.644. The van der Waals surface area contributed by atoms with E-state index in [1.807, 2.05) is 30.5 Å². The Balaban J connectivity index is 1.41. The molecule has 37 heavy (non-hydrogen) atoms. The highest BCUT2D eigenvalue weighted by molar-refractivity contribution is 5.99. The summed E-state index contributed by atoms with van der Waals surface area (Å²) in [5.41, 5.74) is 7.44. The molecule has 0 spiro atoms. The molecule has 0 amide bonds. The topological polar surface area (TPSA) is 115 Å². The van der Waals surface area contributed by atoms with Crippen molar-refractivity contribution in [3.05, 3.63) is 72.9 Å². The van der Waals surface area contributed by atoms with Crippen molar-refractivity contribution in [3.8, 4) is 39.5 Å². The number of benzene rings is 1. The van der Waals surface area contributed by atoms with Crippen LogP contribution in [0.3, 0.4) is 0 Å². The fraction of sp³-hybridized carbons (Fsp3) is 0.143. The highest BCUT2D eigenvalue weighted by atomic mass is 19.1. The molecule has 0 saturated heterocycles. The molecular formula is C28H24FN7O. The predicted molar refractivity (Wildman–Crippen MR) is 143 cm³/mol. The maximum atomic E-state index is 14.0. The number of hydrogen-bond acceptors (Lipinski definition) is 6. The molecule has 0 unspecified atom stereocenters. The quantitative estimate of drug-likeness (QED) is 0.194. The monoisotopic (exact) mass is 493 g/mol. The van der Waals surface area contributed by atoms with Gasteiger partial charge in [-0.25, -0.2) is 14.4 Å². The fourth-order valence-electron chi connectivity index (χ4n) is 4.47. The first-order valence-electron chi connectivity index (χ1n) is 12.1. The van der Waals surface area contributed by atoms with Crippen LogP contribution in [0, 0.1) is 5.82 Å². The van der Waals surface area contributed by atoms with E-state index in [4.69, 9.17) is 4.98 Å². The molecule has 0 aliphatic carbocycles. The van der Waals surface area contributed by atoms with Crippen LogP contribution in [0.2, 0.25) is 0 Å². The number of nitrogens with one attached hydrogen (secondary N) is 3. The molecule has 5 heterocycles. The first-order valence-corrected chi connectivity index (χ1v) is 12.1. The summed E-state index contributed by atoms with van der Waals surface area (Å²) >= 11 is 0. The number of halogens is 1. The average molecular weight is 494 g/mol. The van der Waals surface area contributed by atoms with E-state index in [-0.39, 0.29) is 5.75 Å². The van der Waals surface area contributed by atoms with Gasteiger partial charge < -0.3 is 15.4 Å². The third kappa shape index (κ3) is 4.35. The summed E-state index contributed by atoms with van der Waals surface area (Å²) in [6.07, 6.45) is 7.47. The van der Waals surface area contributed by atoms with Gasteiger partial charge in [-0.05, 0) is 60.0 Å². The van der Waals surface area contributed by atoms with E-state index in [1.54, 1.807) is 18.5 Å². The second kappa shape index (κ2) is 9.34. The summed E-state index contributed by atoms with van der Waals surface area (Å²) in [6.45, 7) is 3.06. The molecular weight excluding hydrogens is 469 g/mol. The Morgan fingerprint density at radius 3 is 2.81 bits per heavy atom.